The summed E-state index contributed by atoms with van der Waals surface area (Å²) in [6.07, 6.45) is 3.92. The number of aromatic nitrogens is 2. The number of fused-ring (bicyclic) bond motifs is 2. The maximum Gasteiger partial charge on any atom is 0.264 e. The number of hydrogen-bond acceptors (Lipinski definition) is 4. The molecule has 1 fully saturated rings. The zero-order valence-electron chi connectivity index (χ0n) is 16.9. The molecule has 2 aliphatic rings. The van der Waals surface area contributed by atoms with E-state index in [0.717, 1.165) is 42.5 Å². The van der Waals surface area contributed by atoms with Gasteiger partial charge in [-0.15, -0.1) is 0 Å². The van der Waals surface area contributed by atoms with Crippen LogP contribution in [-0.2, 0) is 4.79 Å². The van der Waals surface area contributed by atoms with E-state index >= 15 is 0 Å². The SMILES string of the molecule is CN1C(=O)COc2ccc(C(=O)NC3CCCC(c4nc5ccccc5[nH]4)C3)cc21. The zero-order valence-corrected chi connectivity index (χ0v) is 16.9. The molecule has 3 aromatic rings. The van der Waals surface area contributed by atoms with Crippen molar-refractivity contribution in [2.75, 3.05) is 18.6 Å². The third-order valence-corrected chi connectivity index (χ3v) is 6.11. The van der Waals surface area contributed by atoms with Gasteiger partial charge in [0.2, 0.25) is 0 Å². The summed E-state index contributed by atoms with van der Waals surface area (Å²) in [5, 5.41) is 3.18. The average Bonchev–Trinajstić information content (AvgIpc) is 3.21. The Labute approximate surface area is 174 Å². The lowest BCUT2D eigenvalue weighted by Crippen LogP contribution is -2.39. The summed E-state index contributed by atoms with van der Waals surface area (Å²) < 4.78 is 5.45. The number of para-hydroxylation sites is 2. The minimum Gasteiger partial charge on any atom is -0.482 e. The van der Waals surface area contributed by atoms with Gasteiger partial charge < -0.3 is 19.9 Å². The number of carbonyl (C=O) groups is 2. The Bertz CT molecular complexity index is 1090. The van der Waals surface area contributed by atoms with Crippen LogP contribution in [-0.4, -0.2) is 41.5 Å². The van der Waals surface area contributed by atoms with Crippen LogP contribution in [0, 0.1) is 0 Å². The number of rotatable bonds is 3. The molecule has 154 valence electrons. The van der Waals surface area contributed by atoms with E-state index in [1.165, 1.54) is 4.90 Å². The van der Waals surface area contributed by atoms with Crippen LogP contribution in [0.4, 0.5) is 5.69 Å². The Balaban J connectivity index is 1.29. The van der Waals surface area contributed by atoms with Crippen molar-refractivity contribution < 1.29 is 14.3 Å². The number of anilines is 1. The van der Waals surface area contributed by atoms with E-state index in [1.54, 1.807) is 25.2 Å². The van der Waals surface area contributed by atoms with E-state index in [9.17, 15) is 9.59 Å². The number of imidazole rings is 1. The summed E-state index contributed by atoms with van der Waals surface area (Å²) in [6, 6.07) is 13.4. The molecule has 2 heterocycles. The van der Waals surface area contributed by atoms with Gasteiger partial charge in [-0.05, 0) is 49.6 Å². The molecule has 1 aliphatic heterocycles. The smallest absolute Gasteiger partial charge is 0.264 e. The number of nitrogens with one attached hydrogen (secondary N) is 2. The molecule has 0 saturated heterocycles. The Kier molecular flexibility index (Phi) is 4.65. The van der Waals surface area contributed by atoms with Crippen molar-refractivity contribution in [2.24, 2.45) is 0 Å². The summed E-state index contributed by atoms with van der Waals surface area (Å²) in [6.45, 7) is 0.0281. The number of carbonyl (C=O) groups excluding carboxylic acids is 2. The first-order chi connectivity index (χ1) is 14.6. The van der Waals surface area contributed by atoms with Crippen LogP contribution >= 0.6 is 0 Å². The maximum absolute atomic E-state index is 12.9. The average molecular weight is 404 g/mol. The minimum absolute atomic E-state index is 0.0281. The second-order valence-electron chi connectivity index (χ2n) is 8.10. The number of aromatic amines is 1. The molecule has 0 radical (unpaired) electrons. The van der Waals surface area contributed by atoms with Crippen LogP contribution in [0.2, 0.25) is 0 Å². The van der Waals surface area contributed by atoms with E-state index in [-0.39, 0.29) is 24.5 Å². The first kappa shape index (κ1) is 18.7. The predicted octanol–water partition coefficient (Wildman–Crippen LogP) is 3.37. The van der Waals surface area contributed by atoms with Gasteiger partial charge in [0.25, 0.3) is 11.8 Å². The highest BCUT2D eigenvalue weighted by Gasteiger charge is 2.28. The second-order valence-corrected chi connectivity index (χ2v) is 8.10. The summed E-state index contributed by atoms with van der Waals surface area (Å²) in [4.78, 5) is 34.5. The summed E-state index contributed by atoms with van der Waals surface area (Å²) in [5.74, 6) is 1.68. The number of H-pyrrole nitrogens is 1. The van der Waals surface area contributed by atoms with Gasteiger partial charge in [0.05, 0.1) is 16.7 Å². The Hall–Kier alpha value is -3.35. The summed E-state index contributed by atoms with van der Waals surface area (Å²) in [7, 11) is 1.70. The van der Waals surface area contributed by atoms with E-state index in [1.807, 2.05) is 24.3 Å². The summed E-state index contributed by atoms with van der Waals surface area (Å²) >= 11 is 0. The van der Waals surface area contributed by atoms with Crippen LogP contribution in [0.1, 0.15) is 47.8 Å². The molecule has 1 aliphatic carbocycles. The molecule has 2 unspecified atom stereocenters. The van der Waals surface area contributed by atoms with Gasteiger partial charge in [0.1, 0.15) is 11.6 Å². The molecule has 1 saturated carbocycles. The van der Waals surface area contributed by atoms with Gasteiger partial charge in [-0.25, -0.2) is 4.98 Å². The largest absolute Gasteiger partial charge is 0.482 e. The maximum atomic E-state index is 12.9. The molecular formula is C23H24N4O3. The van der Waals surface area contributed by atoms with Crippen LogP contribution in [0.3, 0.4) is 0 Å². The van der Waals surface area contributed by atoms with E-state index in [4.69, 9.17) is 9.72 Å². The van der Waals surface area contributed by atoms with Crippen LogP contribution in [0.25, 0.3) is 11.0 Å². The van der Waals surface area contributed by atoms with Crippen LogP contribution in [0.15, 0.2) is 42.5 Å². The molecular weight excluding hydrogens is 380 g/mol. The number of benzene rings is 2. The molecule has 30 heavy (non-hydrogen) atoms. The van der Waals surface area contributed by atoms with Gasteiger partial charge in [0.15, 0.2) is 6.61 Å². The van der Waals surface area contributed by atoms with Gasteiger partial charge in [-0.3, -0.25) is 9.59 Å². The predicted molar refractivity (Wildman–Crippen MR) is 114 cm³/mol. The fourth-order valence-electron chi connectivity index (χ4n) is 4.42. The highest BCUT2D eigenvalue weighted by Crippen LogP contribution is 2.34. The zero-order chi connectivity index (χ0) is 20.7. The van der Waals surface area contributed by atoms with E-state index < -0.39 is 0 Å². The highest BCUT2D eigenvalue weighted by atomic mass is 16.5. The van der Waals surface area contributed by atoms with Crippen molar-refractivity contribution in [1.82, 2.24) is 15.3 Å². The highest BCUT2D eigenvalue weighted by molar-refractivity contribution is 6.01. The third-order valence-electron chi connectivity index (χ3n) is 6.11. The molecule has 7 nitrogen and oxygen atoms in total. The molecule has 2 atom stereocenters. The number of amides is 2. The van der Waals surface area contributed by atoms with Crippen molar-refractivity contribution in [3.05, 3.63) is 53.9 Å². The minimum atomic E-state index is -0.125. The topological polar surface area (TPSA) is 87.3 Å². The van der Waals surface area contributed by atoms with Crippen molar-refractivity contribution in [2.45, 2.75) is 37.6 Å². The molecule has 2 aromatic carbocycles. The van der Waals surface area contributed by atoms with Crippen molar-refractivity contribution >= 4 is 28.5 Å². The summed E-state index contributed by atoms with van der Waals surface area (Å²) in [5.41, 5.74) is 3.19. The lowest BCUT2D eigenvalue weighted by atomic mass is 9.85. The number of nitrogens with zero attached hydrogens (tertiary/aromatic N) is 2. The van der Waals surface area contributed by atoms with Gasteiger partial charge in [0, 0.05) is 24.6 Å². The first-order valence-electron chi connectivity index (χ1n) is 10.4. The Morgan fingerprint density at radius 1 is 1.23 bits per heavy atom. The molecule has 5 rings (SSSR count). The molecule has 7 heteroatoms. The fourth-order valence-corrected chi connectivity index (χ4v) is 4.42. The second kappa shape index (κ2) is 7.48. The van der Waals surface area contributed by atoms with Crippen molar-refractivity contribution in [3.63, 3.8) is 0 Å². The molecule has 2 N–H and O–H groups in total. The van der Waals surface area contributed by atoms with E-state index in [0.29, 0.717) is 22.9 Å². The molecule has 0 bridgehead atoms. The Morgan fingerprint density at radius 2 is 2.10 bits per heavy atom. The molecule has 1 aromatic heterocycles. The standard InChI is InChI=1S/C23H24N4O3/c1-27-19-12-15(9-10-20(19)30-13-21(27)28)23(29)24-16-6-4-5-14(11-16)22-25-17-7-2-3-8-18(17)26-22/h2-3,7-10,12,14,16H,4-6,11,13H2,1H3,(H,24,29)(H,25,26). The lowest BCUT2D eigenvalue weighted by Gasteiger charge is -2.29. The normalized spacial score (nSPS) is 21.2. The molecule has 2 amide bonds. The third kappa shape index (κ3) is 3.40. The van der Waals surface area contributed by atoms with Crippen LogP contribution < -0.4 is 15.0 Å². The molecule has 0 spiro atoms. The van der Waals surface area contributed by atoms with Crippen molar-refractivity contribution in [3.8, 4) is 5.75 Å². The first-order valence-corrected chi connectivity index (χ1v) is 10.4. The van der Waals surface area contributed by atoms with Crippen molar-refractivity contribution in [1.29, 1.82) is 0 Å². The monoisotopic (exact) mass is 404 g/mol. The van der Waals surface area contributed by atoms with Crippen LogP contribution in [0.5, 0.6) is 5.75 Å². The van der Waals surface area contributed by atoms with E-state index in [2.05, 4.69) is 10.3 Å². The number of ether oxygens (including phenoxy) is 1. The number of hydrogen-bond donors (Lipinski definition) is 2. The van der Waals surface area contributed by atoms with Gasteiger partial charge in [-0.2, -0.15) is 0 Å². The van der Waals surface area contributed by atoms with Gasteiger partial charge >= 0.3 is 0 Å². The Morgan fingerprint density at radius 3 is 2.97 bits per heavy atom. The quantitative estimate of drug-likeness (QED) is 0.701. The lowest BCUT2D eigenvalue weighted by molar-refractivity contribution is -0.120. The fraction of sp³-hybridized carbons (Fsp3) is 0.348. The van der Waals surface area contributed by atoms with Gasteiger partial charge in [-0.1, -0.05) is 18.6 Å². The number of likely N-dealkylation sites (N-methyl/N-ethyl adjacent to an activating group) is 1.